The van der Waals surface area contributed by atoms with Gasteiger partial charge in [0.1, 0.15) is 6.61 Å². The lowest BCUT2D eigenvalue weighted by Gasteiger charge is -2.60. The molecule has 0 amide bonds. The van der Waals surface area contributed by atoms with Gasteiger partial charge in [-0.3, -0.25) is 9.69 Å². The van der Waals surface area contributed by atoms with Gasteiger partial charge in [0.2, 0.25) is 0 Å². The number of likely N-dealkylation sites (tertiary alicyclic amines) is 1. The zero-order valence-electron chi connectivity index (χ0n) is 15.8. The lowest BCUT2D eigenvalue weighted by atomic mass is 9.75. The van der Waals surface area contributed by atoms with Gasteiger partial charge in [-0.2, -0.15) is 0 Å². The van der Waals surface area contributed by atoms with Gasteiger partial charge in [-0.05, 0) is 27.7 Å². The van der Waals surface area contributed by atoms with Gasteiger partial charge in [-0.15, -0.1) is 0 Å². The van der Waals surface area contributed by atoms with E-state index in [1.807, 2.05) is 0 Å². The molecule has 2 heterocycles. The minimum atomic E-state index is -0.500. The van der Waals surface area contributed by atoms with Gasteiger partial charge in [0.15, 0.2) is 5.79 Å². The van der Waals surface area contributed by atoms with Crippen LogP contribution in [-0.2, 0) is 19.0 Å². The van der Waals surface area contributed by atoms with Crippen molar-refractivity contribution in [1.29, 1.82) is 0 Å². The molecule has 134 valence electrons. The van der Waals surface area contributed by atoms with Gasteiger partial charge >= 0.3 is 5.97 Å². The maximum absolute atomic E-state index is 11.0. The van der Waals surface area contributed by atoms with E-state index in [1.54, 1.807) is 0 Å². The third kappa shape index (κ3) is 4.25. The van der Waals surface area contributed by atoms with Crippen LogP contribution in [0.4, 0.5) is 0 Å². The van der Waals surface area contributed by atoms with Crippen molar-refractivity contribution in [3.63, 3.8) is 0 Å². The summed E-state index contributed by atoms with van der Waals surface area (Å²) in [6.45, 7) is 17.3. The monoisotopic (exact) mass is 327 g/mol. The summed E-state index contributed by atoms with van der Waals surface area (Å²) in [5.41, 5.74) is -0.112. The Morgan fingerprint density at radius 2 is 1.48 bits per heavy atom. The molecule has 0 N–H and O–H groups in total. The molecule has 5 heteroatoms. The molecular formula is C18H33NO4. The van der Waals surface area contributed by atoms with E-state index in [-0.39, 0.29) is 22.5 Å². The van der Waals surface area contributed by atoms with Gasteiger partial charge in [-0.1, -0.05) is 13.8 Å². The van der Waals surface area contributed by atoms with Crippen molar-refractivity contribution in [3.8, 4) is 0 Å². The minimum Gasteiger partial charge on any atom is -0.465 e. The Balaban J connectivity index is 2.11. The van der Waals surface area contributed by atoms with Gasteiger partial charge < -0.3 is 14.2 Å². The molecule has 2 aliphatic heterocycles. The molecule has 0 atom stereocenters. The molecule has 0 aliphatic carbocycles. The summed E-state index contributed by atoms with van der Waals surface area (Å²) in [5.74, 6) is -0.726. The van der Waals surface area contributed by atoms with Crippen molar-refractivity contribution >= 4 is 5.97 Å². The quantitative estimate of drug-likeness (QED) is 0.746. The lowest BCUT2D eigenvalue weighted by Crippen LogP contribution is -2.68. The second-order valence-corrected chi connectivity index (χ2v) is 9.12. The van der Waals surface area contributed by atoms with Crippen LogP contribution >= 0.6 is 0 Å². The highest BCUT2D eigenvalue weighted by atomic mass is 16.7. The predicted molar refractivity (Wildman–Crippen MR) is 89.1 cm³/mol. The number of rotatable bonds is 3. The smallest absolute Gasteiger partial charge is 0.302 e. The Kier molecular flexibility index (Phi) is 4.88. The van der Waals surface area contributed by atoms with Crippen LogP contribution in [0.1, 0.15) is 61.3 Å². The fourth-order valence-electron chi connectivity index (χ4n) is 4.22. The Labute approximate surface area is 140 Å². The standard InChI is InChI=1S/C18H33NO4/c1-14(20)21-9-8-19-16(4,5)10-18(11-17(19,6)7)22-12-15(2,3)13-23-18/h8-13H2,1-7H3. The zero-order chi connectivity index (χ0) is 17.5. The van der Waals surface area contributed by atoms with E-state index in [4.69, 9.17) is 14.2 Å². The first kappa shape index (κ1) is 18.7. The van der Waals surface area contributed by atoms with Crippen LogP contribution in [0.5, 0.6) is 0 Å². The molecule has 23 heavy (non-hydrogen) atoms. The van der Waals surface area contributed by atoms with Crippen LogP contribution in [0.2, 0.25) is 0 Å². The Morgan fingerprint density at radius 1 is 1.00 bits per heavy atom. The average Bonchev–Trinajstić information content (AvgIpc) is 2.36. The average molecular weight is 327 g/mol. The summed E-state index contributed by atoms with van der Waals surface area (Å²) in [5, 5.41) is 0. The summed E-state index contributed by atoms with van der Waals surface area (Å²) in [4.78, 5) is 13.4. The topological polar surface area (TPSA) is 48.0 Å². The first-order valence-corrected chi connectivity index (χ1v) is 8.57. The summed E-state index contributed by atoms with van der Waals surface area (Å²) < 4.78 is 17.7. The summed E-state index contributed by atoms with van der Waals surface area (Å²) in [6, 6.07) is 0. The fraction of sp³-hybridized carbons (Fsp3) is 0.944. The van der Waals surface area contributed by atoms with Gasteiger partial charge in [0.05, 0.1) is 13.2 Å². The SMILES string of the molecule is CC(=O)OCCN1C(C)(C)CC2(CC1(C)C)OCC(C)(C)CO2. The highest BCUT2D eigenvalue weighted by Gasteiger charge is 2.55. The molecule has 2 saturated heterocycles. The third-order valence-corrected chi connectivity index (χ3v) is 4.94. The van der Waals surface area contributed by atoms with Crippen LogP contribution in [0.15, 0.2) is 0 Å². The maximum Gasteiger partial charge on any atom is 0.302 e. The lowest BCUT2D eigenvalue weighted by molar-refractivity contribution is -0.339. The summed E-state index contributed by atoms with van der Waals surface area (Å²) >= 11 is 0. The number of hydrogen-bond donors (Lipinski definition) is 0. The molecular weight excluding hydrogens is 294 g/mol. The molecule has 0 aromatic carbocycles. The first-order valence-electron chi connectivity index (χ1n) is 8.57. The minimum absolute atomic E-state index is 0.0754. The van der Waals surface area contributed by atoms with E-state index < -0.39 is 5.79 Å². The predicted octanol–water partition coefficient (Wildman–Crippen LogP) is 2.97. The molecule has 0 bridgehead atoms. The van der Waals surface area contributed by atoms with E-state index in [2.05, 4.69) is 46.4 Å². The fourth-order valence-corrected chi connectivity index (χ4v) is 4.22. The second-order valence-electron chi connectivity index (χ2n) is 9.12. The molecule has 0 aromatic rings. The van der Waals surface area contributed by atoms with Crippen molar-refractivity contribution in [3.05, 3.63) is 0 Å². The summed E-state index contributed by atoms with van der Waals surface area (Å²) in [7, 11) is 0. The van der Waals surface area contributed by atoms with E-state index in [0.29, 0.717) is 6.61 Å². The van der Waals surface area contributed by atoms with E-state index in [9.17, 15) is 4.79 Å². The van der Waals surface area contributed by atoms with Crippen LogP contribution < -0.4 is 0 Å². The maximum atomic E-state index is 11.0. The van der Waals surface area contributed by atoms with Crippen LogP contribution in [-0.4, -0.2) is 54.1 Å². The van der Waals surface area contributed by atoms with E-state index in [1.165, 1.54) is 6.92 Å². The molecule has 5 nitrogen and oxygen atoms in total. The van der Waals surface area contributed by atoms with Gasteiger partial charge in [0, 0.05) is 42.8 Å². The third-order valence-electron chi connectivity index (χ3n) is 4.94. The van der Waals surface area contributed by atoms with Crippen molar-refractivity contribution in [2.45, 2.75) is 78.2 Å². The molecule has 0 saturated carbocycles. The number of carbonyl (C=O) groups is 1. The van der Waals surface area contributed by atoms with Gasteiger partial charge in [0.25, 0.3) is 0 Å². The number of piperidine rings is 1. The van der Waals surface area contributed by atoms with Crippen LogP contribution in [0, 0.1) is 5.41 Å². The molecule has 1 spiro atoms. The number of ether oxygens (including phenoxy) is 3. The van der Waals surface area contributed by atoms with Crippen molar-refractivity contribution < 1.29 is 19.0 Å². The van der Waals surface area contributed by atoms with E-state index >= 15 is 0 Å². The Bertz CT molecular complexity index is 426. The van der Waals surface area contributed by atoms with Gasteiger partial charge in [-0.25, -0.2) is 0 Å². The van der Waals surface area contributed by atoms with Crippen molar-refractivity contribution in [2.75, 3.05) is 26.4 Å². The largest absolute Gasteiger partial charge is 0.465 e. The van der Waals surface area contributed by atoms with E-state index in [0.717, 1.165) is 32.6 Å². The molecule has 0 aromatic heterocycles. The Morgan fingerprint density at radius 3 is 1.91 bits per heavy atom. The van der Waals surface area contributed by atoms with Crippen LogP contribution in [0.3, 0.4) is 0 Å². The first-order chi connectivity index (χ1) is 10.4. The Hall–Kier alpha value is -0.650. The number of esters is 1. The number of nitrogens with zero attached hydrogens (tertiary/aromatic N) is 1. The summed E-state index contributed by atoms with van der Waals surface area (Å²) in [6.07, 6.45) is 1.64. The molecule has 2 rings (SSSR count). The second kappa shape index (κ2) is 6.01. The van der Waals surface area contributed by atoms with Crippen molar-refractivity contribution in [1.82, 2.24) is 4.90 Å². The molecule has 2 aliphatic rings. The highest BCUT2D eigenvalue weighted by molar-refractivity contribution is 5.65. The molecule has 0 unspecified atom stereocenters. The zero-order valence-corrected chi connectivity index (χ0v) is 15.8. The highest BCUT2D eigenvalue weighted by Crippen LogP contribution is 2.48. The molecule has 0 radical (unpaired) electrons. The van der Waals surface area contributed by atoms with Crippen molar-refractivity contribution in [2.24, 2.45) is 5.41 Å². The van der Waals surface area contributed by atoms with Crippen LogP contribution in [0.25, 0.3) is 0 Å². The molecule has 2 fully saturated rings. The normalized spacial score (nSPS) is 28.5. The number of carbonyl (C=O) groups excluding carboxylic acids is 1. The number of hydrogen-bond acceptors (Lipinski definition) is 5.